The summed E-state index contributed by atoms with van der Waals surface area (Å²) in [6, 6.07) is 6.79. The van der Waals surface area contributed by atoms with Crippen LogP contribution in [0.5, 0.6) is 0 Å². The van der Waals surface area contributed by atoms with E-state index in [-0.39, 0.29) is 11.2 Å². The molecular weight excluding hydrogens is 363 g/mol. The van der Waals surface area contributed by atoms with Crippen LogP contribution in [0.15, 0.2) is 43.2 Å². The molecule has 3 heterocycles. The fourth-order valence-electron chi connectivity index (χ4n) is 3.22. The van der Waals surface area contributed by atoms with Gasteiger partial charge in [0.05, 0.1) is 10.6 Å². The summed E-state index contributed by atoms with van der Waals surface area (Å²) in [6.07, 6.45) is 6.21. The smallest absolute Gasteiger partial charge is 0.148 e. The summed E-state index contributed by atoms with van der Waals surface area (Å²) in [5.41, 5.74) is 7.09. The van der Waals surface area contributed by atoms with Crippen molar-refractivity contribution in [3.63, 3.8) is 0 Å². The van der Waals surface area contributed by atoms with Crippen LogP contribution in [0.1, 0.15) is 29.8 Å². The molecule has 1 aliphatic carbocycles. The fourth-order valence-corrected chi connectivity index (χ4v) is 3.98. The SMILES string of the molecule is C=C(N)c1cnc(-c2ccc(NCC3(c4ncccc4F)CCC3)nn2)s1. The molecule has 1 aliphatic rings. The summed E-state index contributed by atoms with van der Waals surface area (Å²) in [5, 5.41) is 12.5. The van der Waals surface area contributed by atoms with Gasteiger partial charge >= 0.3 is 0 Å². The first-order valence-electron chi connectivity index (χ1n) is 8.67. The topological polar surface area (TPSA) is 89.6 Å². The van der Waals surface area contributed by atoms with Crippen LogP contribution in [0.25, 0.3) is 16.4 Å². The Balaban J connectivity index is 1.47. The highest BCUT2D eigenvalue weighted by molar-refractivity contribution is 7.16. The Morgan fingerprint density at radius 3 is 2.70 bits per heavy atom. The number of nitrogens with two attached hydrogens (primary N) is 1. The van der Waals surface area contributed by atoms with Gasteiger partial charge in [0.25, 0.3) is 0 Å². The van der Waals surface area contributed by atoms with E-state index in [1.165, 1.54) is 17.4 Å². The lowest BCUT2D eigenvalue weighted by atomic mass is 9.66. The molecule has 0 spiro atoms. The third-order valence-electron chi connectivity index (χ3n) is 4.89. The largest absolute Gasteiger partial charge is 0.398 e. The van der Waals surface area contributed by atoms with Crippen molar-refractivity contribution in [1.29, 1.82) is 0 Å². The van der Waals surface area contributed by atoms with E-state index in [9.17, 15) is 4.39 Å². The molecule has 0 atom stereocenters. The van der Waals surface area contributed by atoms with Crippen molar-refractivity contribution in [1.82, 2.24) is 20.2 Å². The van der Waals surface area contributed by atoms with Gasteiger partial charge in [-0.2, -0.15) is 0 Å². The van der Waals surface area contributed by atoms with E-state index < -0.39 is 0 Å². The lowest BCUT2D eigenvalue weighted by Gasteiger charge is -2.41. The van der Waals surface area contributed by atoms with Gasteiger partial charge in [-0.05, 0) is 37.1 Å². The van der Waals surface area contributed by atoms with E-state index in [4.69, 9.17) is 5.73 Å². The Labute approximate surface area is 160 Å². The molecule has 3 aromatic heterocycles. The van der Waals surface area contributed by atoms with E-state index in [0.29, 0.717) is 29.4 Å². The zero-order chi connectivity index (χ0) is 18.9. The summed E-state index contributed by atoms with van der Waals surface area (Å²) in [4.78, 5) is 9.40. The van der Waals surface area contributed by atoms with Crippen molar-refractivity contribution in [2.75, 3.05) is 11.9 Å². The summed E-state index contributed by atoms with van der Waals surface area (Å²) in [6.45, 7) is 4.28. The summed E-state index contributed by atoms with van der Waals surface area (Å²) in [5.74, 6) is 0.392. The van der Waals surface area contributed by atoms with Crippen LogP contribution in [0.3, 0.4) is 0 Å². The maximum atomic E-state index is 14.2. The fraction of sp³-hybridized carbons (Fsp3) is 0.263. The molecule has 6 nitrogen and oxygen atoms in total. The molecule has 8 heteroatoms. The van der Waals surface area contributed by atoms with E-state index in [2.05, 4.69) is 32.1 Å². The molecule has 3 N–H and O–H groups in total. The van der Waals surface area contributed by atoms with Crippen molar-refractivity contribution in [3.05, 3.63) is 59.6 Å². The molecule has 0 unspecified atom stereocenters. The number of nitrogens with one attached hydrogen (secondary N) is 1. The monoisotopic (exact) mass is 382 g/mol. The van der Waals surface area contributed by atoms with Crippen molar-refractivity contribution in [3.8, 4) is 10.7 Å². The second kappa shape index (κ2) is 7.03. The average Bonchev–Trinajstić information content (AvgIpc) is 3.13. The minimum Gasteiger partial charge on any atom is -0.398 e. The predicted molar refractivity (Wildman–Crippen MR) is 105 cm³/mol. The normalized spacial score (nSPS) is 15.1. The highest BCUT2D eigenvalue weighted by atomic mass is 32.1. The van der Waals surface area contributed by atoms with Crippen LogP contribution < -0.4 is 11.1 Å². The van der Waals surface area contributed by atoms with Crippen LogP contribution in [-0.2, 0) is 5.41 Å². The van der Waals surface area contributed by atoms with Crippen LogP contribution in [0, 0.1) is 5.82 Å². The first-order valence-corrected chi connectivity index (χ1v) is 9.49. The molecular formula is C19H19FN6S. The second-order valence-electron chi connectivity index (χ2n) is 6.68. The number of hydrogen-bond donors (Lipinski definition) is 2. The van der Waals surface area contributed by atoms with Gasteiger partial charge in [-0.25, -0.2) is 9.37 Å². The molecule has 0 bridgehead atoms. The Hall–Kier alpha value is -2.87. The third kappa shape index (κ3) is 3.40. The number of thiazole rings is 1. The minimum atomic E-state index is -0.280. The quantitative estimate of drug-likeness (QED) is 0.677. The molecule has 1 saturated carbocycles. The summed E-state index contributed by atoms with van der Waals surface area (Å²) >= 11 is 1.42. The number of halogens is 1. The van der Waals surface area contributed by atoms with Gasteiger partial charge in [0.15, 0.2) is 0 Å². The van der Waals surface area contributed by atoms with Crippen molar-refractivity contribution < 1.29 is 4.39 Å². The highest BCUT2D eigenvalue weighted by Gasteiger charge is 2.41. The van der Waals surface area contributed by atoms with Gasteiger partial charge in [-0.3, -0.25) is 4.98 Å². The van der Waals surface area contributed by atoms with Crippen molar-refractivity contribution in [2.45, 2.75) is 24.7 Å². The zero-order valence-electron chi connectivity index (χ0n) is 14.7. The predicted octanol–water partition coefficient (Wildman–Crippen LogP) is 3.60. The van der Waals surface area contributed by atoms with Crippen molar-refractivity contribution >= 4 is 22.9 Å². The Kier molecular flexibility index (Phi) is 4.57. The Morgan fingerprint density at radius 1 is 1.26 bits per heavy atom. The van der Waals surface area contributed by atoms with Crippen LogP contribution in [-0.4, -0.2) is 26.7 Å². The summed E-state index contributed by atoms with van der Waals surface area (Å²) < 4.78 is 14.2. The van der Waals surface area contributed by atoms with E-state index in [0.717, 1.165) is 29.1 Å². The molecule has 4 rings (SSSR count). The van der Waals surface area contributed by atoms with Crippen LogP contribution in [0.2, 0.25) is 0 Å². The molecule has 138 valence electrons. The molecule has 3 aromatic rings. The first-order chi connectivity index (χ1) is 13.1. The Morgan fingerprint density at radius 2 is 2.11 bits per heavy atom. The molecule has 0 aromatic carbocycles. The summed E-state index contributed by atoms with van der Waals surface area (Å²) in [7, 11) is 0. The van der Waals surface area contributed by atoms with Gasteiger partial charge in [0, 0.05) is 30.1 Å². The first kappa shape index (κ1) is 17.5. The van der Waals surface area contributed by atoms with Crippen molar-refractivity contribution in [2.24, 2.45) is 5.73 Å². The zero-order valence-corrected chi connectivity index (χ0v) is 15.5. The number of rotatable bonds is 6. The van der Waals surface area contributed by atoms with Gasteiger partial charge in [0.2, 0.25) is 0 Å². The second-order valence-corrected chi connectivity index (χ2v) is 7.71. The number of hydrogen-bond acceptors (Lipinski definition) is 7. The average molecular weight is 382 g/mol. The van der Waals surface area contributed by atoms with Crippen LogP contribution >= 0.6 is 11.3 Å². The van der Waals surface area contributed by atoms with E-state index in [1.54, 1.807) is 18.5 Å². The number of aromatic nitrogens is 4. The highest BCUT2D eigenvalue weighted by Crippen LogP contribution is 2.43. The number of pyridine rings is 1. The Bertz CT molecular complexity index is 964. The maximum absolute atomic E-state index is 14.2. The van der Waals surface area contributed by atoms with Gasteiger partial charge < -0.3 is 11.1 Å². The number of nitrogens with zero attached hydrogens (tertiary/aromatic N) is 4. The van der Waals surface area contributed by atoms with E-state index >= 15 is 0 Å². The molecule has 0 aliphatic heterocycles. The maximum Gasteiger partial charge on any atom is 0.148 e. The third-order valence-corrected chi connectivity index (χ3v) is 5.98. The standard InChI is InChI=1S/C19H19FN6S/c1-12(21)15-10-23-18(27-15)14-5-6-16(26-25-14)24-11-19(7-3-8-19)17-13(20)4-2-9-22-17/h2,4-6,9-10H,1,3,7-8,11,21H2,(H,24,26). The van der Waals surface area contributed by atoms with Crippen LogP contribution in [0.4, 0.5) is 10.2 Å². The lowest BCUT2D eigenvalue weighted by molar-refractivity contribution is 0.243. The molecule has 1 fully saturated rings. The molecule has 0 amide bonds. The molecule has 27 heavy (non-hydrogen) atoms. The van der Waals surface area contributed by atoms with Gasteiger partial charge in [0.1, 0.15) is 22.3 Å². The molecule has 0 saturated heterocycles. The van der Waals surface area contributed by atoms with Gasteiger partial charge in [-0.1, -0.05) is 13.0 Å². The molecule has 0 radical (unpaired) electrons. The van der Waals surface area contributed by atoms with Gasteiger partial charge in [-0.15, -0.1) is 21.5 Å². The lowest BCUT2D eigenvalue weighted by Crippen LogP contribution is -2.42. The minimum absolute atomic E-state index is 0.249. The van der Waals surface area contributed by atoms with E-state index in [1.807, 2.05) is 12.1 Å². The number of anilines is 1.